The van der Waals surface area contributed by atoms with Gasteiger partial charge in [-0.05, 0) is 49.3 Å². The molecule has 0 bridgehead atoms. The van der Waals surface area contributed by atoms with Gasteiger partial charge in [0.1, 0.15) is 18.0 Å². The third-order valence-corrected chi connectivity index (χ3v) is 6.57. The molecule has 0 radical (unpaired) electrons. The molecule has 2 fully saturated rings. The Labute approximate surface area is 193 Å². The van der Waals surface area contributed by atoms with Crippen molar-refractivity contribution in [3.63, 3.8) is 0 Å². The largest absolute Gasteiger partial charge is 0.350 e. The highest BCUT2D eigenvalue weighted by atomic mass is 16.2. The van der Waals surface area contributed by atoms with Crippen molar-refractivity contribution in [2.24, 2.45) is 5.92 Å². The molecule has 3 aromatic heterocycles. The molecule has 3 aromatic rings. The predicted octanol–water partition coefficient (Wildman–Crippen LogP) is 3.65. The predicted molar refractivity (Wildman–Crippen MR) is 126 cm³/mol. The van der Waals surface area contributed by atoms with Crippen LogP contribution < -0.4 is 4.90 Å². The van der Waals surface area contributed by atoms with Gasteiger partial charge in [0.25, 0.3) is 0 Å². The lowest BCUT2D eigenvalue weighted by Crippen LogP contribution is -2.54. The molecule has 0 aromatic carbocycles. The molecule has 1 aliphatic heterocycles. The number of pyridine rings is 1. The van der Waals surface area contributed by atoms with E-state index in [1.807, 2.05) is 9.47 Å². The Morgan fingerprint density at radius 3 is 2.76 bits per heavy atom. The van der Waals surface area contributed by atoms with Crippen molar-refractivity contribution < 1.29 is 4.79 Å². The zero-order valence-corrected chi connectivity index (χ0v) is 19.4. The molecule has 1 saturated carbocycles. The maximum absolute atomic E-state index is 12.6. The van der Waals surface area contributed by atoms with Crippen LogP contribution in [0.3, 0.4) is 0 Å². The zero-order valence-electron chi connectivity index (χ0n) is 19.4. The minimum atomic E-state index is 0.156. The van der Waals surface area contributed by atoms with Crippen LogP contribution in [0, 0.1) is 17.2 Å². The fourth-order valence-corrected chi connectivity index (χ4v) is 4.77. The number of fused-ring (bicyclic) bond motifs is 1. The summed E-state index contributed by atoms with van der Waals surface area (Å²) in [6.45, 7) is 8.47. The van der Waals surface area contributed by atoms with Crippen LogP contribution in [0.1, 0.15) is 57.1 Å². The number of carbonyl (C=O) groups is 1. The first-order valence-electron chi connectivity index (χ1n) is 11.7. The van der Waals surface area contributed by atoms with E-state index in [-0.39, 0.29) is 11.9 Å². The normalized spacial score (nSPS) is 18.7. The highest BCUT2D eigenvalue weighted by Gasteiger charge is 2.34. The van der Waals surface area contributed by atoms with E-state index in [1.165, 1.54) is 5.56 Å². The second-order valence-corrected chi connectivity index (χ2v) is 9.62. The fourth-order valence-electron chi connectivity index (χ4n) is 4.77. The summed E-state index contributed by atoms with van der Waals surface area (Å²) in [6.07, 6.45) is 8.30. The van der Waals surface area contributed by atoms with Gasteiger partial charge in [-0.2, -0.15) is 5.26 Å². The van der Waals surface area contributed by atoms with E-state index in [1.54, 1.807) is 24.7 Å². The Balaban J connectivity index is 1.53. The van der Waals surface area contributed by atoms with Crippen molar-refractivity contribution in [3.8, 4) is 11.9 Å². The van der Waals surface area contributed by atoms with E-state index < -0.39 is 0 Å². The monoisotopic (exact) mass is 443 g/mol. The molecule has 8 heteroatoms. The number of amides is 1. The summed E-state index contributed by atoms with van der Waals surface area (Å²) in [5.41, 5.74) is 2.63. The average molecular weight is 444 g/mol. The SMILES string of the molecule is CC(C)CC(=O)N1CCN(c2ncnc3c2c(C2CC2)cn3-c2cc(C#N)ccn2)[C@@H](C)C1. The summed E-state index contributed by atoms with van der Waals surface area (Å²) in [5.74, 6) is 2.72. The highest BCUT2D eigenvalue weighted by Crippen LogP contribution is 2.46. The van der Waals surface area contributed by atoms with Crippen molar-refractivity contribution in [1.29, 1.82) is 5.26 Å². The van der Waals surface area contributed by atoms with Gasteiger partial charge in [0.2, 0.25) is 5.91 Å². The smallest absolute Gasteiger partial charge is 0.222 e. The first-order chi connectivity index (χ1) is 16.0. The van der Waals surface area contributed by atoms with Crippen molar-refractivity contribution in [2.45, 2.75) is 52.0 Å². The van der Waals surface area contributed by atoms with Crippen molar-refractivity contribution in [1.82, 2.24) is 24.4 Å². The van der Waals surface area contributed by atoms with Crippen LogP contribution in [0.2, 0.25) is 0 Å². The number of hydrogen-bond acceptors (Lipinski definition) is 6. The molecule has 8 nitrogen and oxygen atoms in total. The lowest BCUT2D eigenvalue weighted by molar-refractivity contribution is -0.132. The topological polar surface area (TPSA) is 90.9 Å². The van der Waals surface area contributed by atoms with Gasteiger partial charge in [-0.25, -0.2) is 15.0 Å². The zero-order chi connectivity index (χ0) is 23.1. The van der Waals surface area contributed by atoms with Crippen molar-refractivity contribution >= 4 is 22.8 Å². The van der Waals surface area contributed by atoms with Crippen LogP contribution in [-0.4, -0.2) is 56.0 Å². The summed E-state index contributed by atoms with van der Waals surface area (Å²) >= 11 is 0. The van der Waals surface area contributed by atoms with Gasteiger partial charge < -0.3 is 9.80 Å². The third kappa shape index (κ3) is 4.04. The van der Waals surface area contributed by atoms with Gasteiger partial charge in [0.05, 0.1) is 17.0 Å². The Bertz CT molecular complexity index is 1240. The quantitative estimate of drug-likeness (QED) is 0.598. The molecule has 4 heterocycles. The fraction of sp³-hybridized carbons (Fsp3) is 0.480. The molecular formula is C25H29N7O. The highest BCUT2D eigenvalue weighted by molar-refractivity contribution is 5.93. The van der Waals surface area contributed by atoms with Gasteiger partial charge in [0, 0.05) is 44.5 Å². The maximum Gasteiger partial charge on any atom is 0.222 e. The molecular weight excluding hydrogens is 414 g/mol. The first-order valence-corrected chi connectivity index (χ1v) is 11.7. The Morgan fingerprint density at radius 2 is 2.06 bits per heavy atom. The van der Waals surface area contributed by atoms with Gasteiger partial charge in [-0.1, -0.05) is 13.8 Å². The molecule has 1 saturated heterocycles. The van der Waals surface area contributed by atoms with E-state index in [4.69, 9.17) is 4.98 Å². The molecule has 2 aliphatic rings. The van der Waals surface area contributed by atoms with Crippen LogP contribution in [0.15, 0.2) is 30.9 Å². The van der Waals surface area contributed by atoms with E-state index in [9.17, 15) is 10.1 Å². The summed E-state index contributed by atoms with van der Waals surface area (Å²) in [7, 11) is 0. The molecule has 0 unspecified atom stereocenters. The number of carbonyl (C=O) groups excluding carboxylic acids is 1. The Hall–Kier alpha value is -3.47. The molecule has 0 spiro atoms. The molecule has 5 rings (SSSR count). The van der Waals surface area contributed by atoms with Crippen LogP contribution in [0.5, 0.6) is 0 Å². The van der Waals surface area contributed by atoms with E-state index in [0.717, 1.165) is 36.2 Å². The van der Waals surface area contributed by atoms with Gasteiger partial charge in [0.15, 0.2) is 5.65 Å². The summed E-state index contributed by atoms with van der Waals surface area (Å²) < 4.78 is 1.99. The summed E-state index contributed by atoms with van der Waals surface area (Å²) in [6, 6.07) is 5.85. The average Bonchev–Trinajstić information content (AvgIpc) is 3.58. The number of anilines is 1. The number of hydrogen-bond donors (Lipinski definition) is 0. The van der Waals surface area contributed by atoms with E-state index in [2.05, 4.69) is 47.9 Å². The van der Waals surface area contributed by atoms with Gasteiger partial charge in [-0.15, -0.1) is 0 Å². The second kappa shape index (κ2) is 8.47. The van der Waals surface area contributed by atoms with Crippen LogP contribution in [-0.2, 0) is 4.79 Å². The van der Waals surface area contributed by atoms with Crippen molar-refractivity contribution in [2.75, 3.05) is 24.5 Å². The lowest BCUT2D eigenvalue weighted by atomic mass is 10.1. The third-order valence-electron chi connectivity index (χ3n) is 6.57. The summed E-state index contributed by atoms with van der Waals surface area (Å²) in [5, 5.41) is 10.4. The number of aromatic nitrogens is 4. The Morgan fingerprint density at radius 1 is 1.24 bits per heavy atom. The lowest BCUT2D eigenvalue weighted by Gasteiger charge is -2.41. The van der Waals surface area contributed by atoms with Crippen molar-refractivity contribution in [3.05, 3.63) is 42.0 Å². The van der Waals surface area contributed by atoms with Crippen LogP contribution in [0.25, 0.3) is 16.9 Å². The molecule has 170 valence electrons. The summed E-state index contributed by atoms with van der Waals surface area (Å²) in [4.78, 5) is 30.8. The number of rotatable bonds is 5. The minimum absolute atomic E-state index is 0.156. The van der Waals surface area contributed by atoms with E-state index >= 15 is 0 Å². The van der Waals surface area contributed by atoms with Gasteiger partial charge in [-0.3, -0.25) is 9.36 Å². The molecule has 1 aliphatic carbocycles. The van der Waals surface area contributed by atoms with E-state index in [0.29, 0.717) is 42.7 Å². The molecule has 0 N–H and O–H groups in total. The van der Waals surface area contributed by atoms with Crippen LogP contribution >= 0.6 is 0 Å². The number of piperazine rings is 1. The molecule has 1 atom stereocenters. The number of nitriles is 1. The molecule has 1 amide bonds. The van der Waals surface area contributed by atoms with Gasteiger partial charge >= 0.3 is 0 Å². The molecule has 33 heavy (non-hydrogen) atoms. The maximum atomic E-state index is 12.6. The second-order valence-electron chi connectivity index (χ2n) is 9.62. The standard InChI is InChI=1S/C25H29N7O/c1-16(2)10-22(33)30-8-9-31(17(3)13-30)24-23-20(19-4-5-19)14-32(25(23)29-15-28-24)21-11-18(12-26)6-7-27-21/h6-7,11,14-17,19H,4-5,8-10,13H2,1-3H3/t17-/m0/s1. The first kappa shape index (κ1) is 21.4. The van der Waals surface area contributed by atoms with Crippen LogP contribution in [0.4, 0.5) is 5.82 Å². The number of nitrogens with zero attached hydrogens (tertiary/aromatic N) is 7. The minimum Gasteiger partial charge on any atom is -0.350 e. The Kier molecular flexibility index (Phi) is 5.49.